The Hall–Kier alpha value is -6.84. The molecule has 52 heavy (non-hydrogen) atoms. The molecule has 0 unspecified atom stereocenters. The molecular weight excluding hydrogens is 664 g/mol. The van der Waals surface area contributed by atoms with Gasteiger partial charge < -0.3 is 64.8 Å². The Kier molecular flexibility index (Phi) is 10.8. The standard InChI is InChI=1S/C36H44N12O4/c1-49-29-17-5-19-11-26(46-34(39)40)13-21(30(19)50-2)7-23-15-28(48-36(43)44)16-24(32(23)52-4)8-22-14-27(47-35(41)42)12-20(31(22)51-3)6-18(29)10-25(9-17)45-33(37)38/h9-16H,5-8H2,1-4H3,(H4,37,38,45)(H4,39,40,46)(H4,41,42,47)(H4,43,44,48). The molecule has 0 heterocycles. The van der Waals surface area contributed by atoms with Crippen molar-refractivity contribution < 1.29 is 18.9 Å². The molecule has 272 valence electrons. The van der Waals surface area contributed by atoms with E-state index in [1.807, 2.05) is 48.5 Å². The van der Waals surface area contributed by atoms with Gasteiger partial charge in [-0.25, -0.2) is 20.0 Å². The number of hydrogen-bond donors (Lipinski definition) is 8. The van der Waals surface area contributed by atoms with Crippen molar-refractivity contribution in [3.05, 3.63) is 93.0 Å². The highest BCUT2D eigenvalue weighted by atomic mass is 16.5. The molecule has 0 saturated heterocycles. The van der Waals surface area contributed by atoms with Crippen LogP contribution in [0.2, 0.25) is 0 Å². The van der Waals surface area contributed by atoms with E-state index in [9.17, 15) is 0 Å². The molecule has 8 bridgehead atoms. The average Bonchev–Trinajstić information content (AvgIpc) is 3.03. The van der Waals surface area contributed by atoms with Crippen molar-refractivity contribution in [2.75, 3.05) is 28.4 Å². The molecule has 0 aromatic heterocycles. The van der Waals surface area contributed by atoms with Crippen molar-refractivity contribution in [3.8, 4) is 23.0 Å². The van der Waals surface area contributed by atoms with Crippen LogP contribution in [0, 0.1) is 0 Å². The number of nitrogens with zero attached hydrogens (tertiary/aromatic N) is 4. The quantitative estimate of drug-likeness (QED) is 0.0848. The Morgan fingerprint density at radius 1 is 0.346 bits per heavy atom. The Balaban J connectivity index is 1.94. The number of hydrogen-bond acceptors (Lipinski definition) is 8. The largest absolute Gasteiger partial charge is 0.496 e. The monoisotopic (exact) mass is 708 g/mol. The topological polar surface area (TPSA) is 295 Å². The fourth-order valence-electron chi connectivity index (χ4n) is 6.72. The van der Waals surface area contributed by atoms with Crippen LogP contribution < -0.4 is 64.8 Å². The van der Waals surface area contributed by atoms with E-state index in [0.717, 1.165) is 44.5 Å². The molecule has 0 saturated carbocycles. The van der Waals surface area contributed by atoms with Gasteiger partial charge in [-0.05, 0) is 48.5 Å². The number of methoxy groups -OCH3 is 4. The highest BCUT2D eigenvalue weighted by molar-refractivity contribution is 5.82. The van der Waals surface area contributed by atoms with Crippen LogP contribution in [0.15, 0.2) is 68.5 Å². The summed E-state index contributed by atoms with van der Waals surface area (Å²) in [5, 5.41) is 0. The van der Waals surface area contributed by atoms with Crippen LogP contribution in [-0.2, 0) is 25.7 Å². The van der Waals surface area contributed by atoms with Crippen LogP contribution in [0.1, 0.15) is 44.5 Å². The van der Waals surface area contributed by atoms with Gasteiger partial charge in [0.15, 0.2) is 23.8 Å². The van der Waals surface area contributed by atoms with Crippen LogP contribution in [0.3, 0.4) is 0 Å². The van der Waals surface area contributed by atoms with Gasteiger partial charge in [0.05, 0.1) is 51.2 Å². The Morgan fingerprint density at radius 2 is 0.500 bits per heavy atom. The van der Waals surface area contributed by atoms with Crippen LogP contribution in [0.4, 0.5) is 22.7 Å². The third-order valence-electron chi connectivity index (χ3n) is 8.28. The summed E-state index contributed by atoms with van der Waals surface area (Å²) in [5.41, 5.74) is 55.0. The van der Waals surface area contributed by atoms with E-state index in [2.05, 4.69) is 20.0 Å². The van der Waals surface area contributed by atoms with Gasteiger partial charge in [-0.1, -0.05) is 0 Å². The van der Waals surface area contributed by atoms with Gasteiger partial charge in [-0.3, -0.25) is 0 Å². The zero-order valence-electron chi connectivity index (χ0n) is 29.5. The minimum Gasteiger partial charge on any atom is -0.496 e. The maximum atomic E-state index is 6.09. The highest BCUT2D eigenvalue weighted by Crippen LogP contribution is 2.43. The first kappa shape index (κ1) is 36.4. The van der Waals surface area contributed by atoms with Crippen LogP contribution in [0.5, 0.6) is 23.0 Å². The molecule has 0 atom stereocenters. The fraction of sp³-hybridized carbons (Fsp3) is 0.222. The van der Waals surface area contributed by atoms with Crippen molar-refractivity contribution in [2.24, 2.45) is 65.8 Å². The first-order valence-electron chi connectivity index (χ1n) is 16.0. The second-order valence-corrected chi connectivity index (χ2v) is 12.0. The lowest BCUT2D eigenvalue weighted by atomic mass is 9.90. The zero-order chi connectivity index (χ0) is 37.7. The third-order valence-corrected chi connectivity index (χ3v) is 8.28. The lowest BCUT2D eigenvalue weighted by Gasteiger charge is -2.22. The SMILES string of the molecule is COc1c2cc(N=C(N)N)cc1Cc1cc(N=C(N)N)cc(c1OC)Cc1cc(N=C(N)N)cc(c1OC)Cc1cc(N=C(N)N)cc(c1OC)C2. The first-order chi connectivity index (χ1) is 24.8. The molecule has 4 aromatic rings. The number of nitrogens with two attached hydrogens (primary N) is 8. The second kappa shape index (κ2) is 15.4. The summed E-state index contributed by atoms with van der Waals surface area (Å²) in [6.07, 6.45) is 1.23. The second-order valence-electron chi connectivity index (χ2n) is 12.0. The Bertz CT molecular complexity index is 1730. The number of ether oxygens (including phenoxy) is 4. The number of guanidine groups is 4. The molecule has 0 aliphatic heterocycles. The number of fused-ring (bicyclic) bond motifs is 8. The zero-order valence-corrected chi connectivity index (χ0v) is 29.5. The van der Waals surface area contributed by atoms with E-state index in [1.165, 1.54) is 0 Å². The summed E-state index contributed by atoms with van der Waals surface area (Å²) in [6.45, 7) is 0. The lowest BCUT2D eigenvalue weighted by molar-refractivity contribution is 0.396. The van der Waals surface area contributed by atoms with Crippen LogP contribution in [0.25, 0.3) is 0 Å². The predicted molar refractivity (Wildman–Crippen MR) is 205 cm³/mol. The van der Waals surface area contributed by atoms with Crippen molar-refractivity contribution in [1.82, 2.24) is 0 Å². The molecule has 4 aromatic carbocycles. The maximum Gasteiger partial charge on any atom is 0.191 e. The summed E-state index contributed by atoms with van der Waals surface area (Å²) >= 11 is 0. The maximum absolute atomic E-state index is 6.09. The summed E-state index contributed by atoms with van der Waals surface area (Å²) < 4.78 is 24.4. The van der Waals surface area contributed by atoms with Gasteiger partial charge in [0.25, 0.3) is 0 Å². The van der Waals surface area contributed by atoms with E-state index in [4.69, 9.17) is 64.8 Å². The first-order valence-corrected chi connectivity index (χ1v) is 16.0. The van der Waals surface area contributed by atoms with E-state index in [0.29, 0.717) is 71.4 Å². The van der Waals surface area contributed by atoms with Gasteiger partial charge in [-0.15, -0.1) is 0 Å². The van der Waals surface area contributed by atoms with E-state index < -0.39 is 0 Å². The molecule has 5 rings (SSSR count). The Labute approximate surface area is 301 Å². The summed E-state index contributed by atoms with van der Waals surface area (Å²) in [7, 11) is 6.41. The summed E-state index contributed by atoms with van der Waals surface area (Å²) in [6, 6.07) is 14.8. The van der Waals surface area contributed by atoms with Gasteiger partial charge in [0.1, 0.15) is 23.0 Å². The summed E-state index contributed by atoms with van der Waals surface area (Å²) in [4.78, 5) is 17.6. The van der Waals surface area contributed by atoms with Crippen LogP contribution >= 0.6 is 0 Å². The lowest BCUT2D eigenvalue weighted by Crippen LogP contribution is -2.22. The van der Waals surface area contributed by atoms with Crippen molar-refractivity contribution >= 4 is 46.6 Å². The average molecular weight is 709 g/mol. The smallest absolute Gasteiger partial charge is 0.191 e. The van der Waals surface area contributed by atoms with E-state index >= 15 is 0 Å². The fourth-order valence-corrected chi connectivity index (χ4v) is 6.72. The number of aliphatic imine (C=N–C) groups is 4. The molecule has 16 nitrogen and oxygen atoms in total. The van der Waals surface area contributed by atoms with Crippen LogP contribution in [-0.4, -0.2) is 52.3 Å². The molecule has 16 heteroatoms. The molecular formula is C36H44N12O4. The molecule has 0 spiro atoms. The molecule has 0 amide bonds. The molecule has 16 N–H and O–H groups in total. The summed E-state index contributed by atoms with van der Waals surface area (Å²) in [5.74, 6) is 1.97. The molecule has 1 aliphatic carbocycles. The van der Waals surface area contributed by atoms with Gasteiger partial charge in [-0.2, -0.15) is 0 Å². The molecule has 1 aliphatic rings. The Morgan fingerprint density at radius 3 is 0.615 bits per heavy atom. The van der Waals surface area contributed by atoms with E-state index in [-0.39, 0.29) is 23.8 Å². The van der Waals surface area contributed by atoms with E-state index in [1.54, 1.807) is 28.4 Å². The third kappa shape index (κ3) is 8.13. The van der Waals surface area contributed by atoms with Gasteiger partial charge in [0, 0.05) is 70.2 Å². The minimum absolute atomic E-state index is 0.108. The number of benzene rings is 4. The van der Waals surface area contributed by atoms with Gasteiger partial charge >= 0.3 is 0 Å². The number of rotatable bonds is 8. The minimum atomic E-state index is -0.108. The molecule has 0 fully saturated rings. The van der Waals surface area contributed by atoms with Gasteiger partial charge in [0.2, 0.25) is 0 Å². The highest BCUT2D eigenvalue weighted by Gasteiger charge is 2.24. The predicted octanol–water partition coefficient (Wildman–Crippen LogP) is 2.02. The molecule has 0 radical (unpaired) electrons. The normalized spacial score (nSPS) is 11.8. The van der Waals surface area contributed by atoms with Crippen molar-refractivity contribution in [1.29, 1.82) is 0 Å². The van der Waals surface area contributed by atoms with Crippen molar-refractivity contribution in [2.45, 2.75) is 25.7 Å². The van der Waals surface area contributed by atoms with Crippen molar-refractivity contribution in [3.63, 3.8) is 0 Å².